The Morgan fingerprint density at radius 3 is 2.20 bits per heavy atom. The number of para-hydroxylation sites is 1. The van der Waals surface area contributed by atoms with Gasteiger partial charge >= 0.3 is 0 Å². The zero-order valence-corrected chi connectivity index (χ0v) is 14.4. The summed E-state index contributed by atoms with van der Waals surface area (Å²) in [5.74, 6) is -0.0903. The van der Waals surface area contributed by atoms with Gasteiger partial charge in [-0.3, -0.25) is 9.59 Å². The number of carbonyl (C=O) groups is 2. The van der Waals surface area contributed by atoms with Crippen LogP contribution in [0.25, 0.3) is 6.08 Å². The first-order chi connectivity index (χ1) is 12.0. The molecule has 1 fully saturated rings. The maximum absolute atomic E-state index is 12.6. The Balaban J connectivity index is 1.98. The highest BCUT2D eigenvalue weighted by Crippen LogP contribution is 2.40. The van der Waals surface area contributed by atoms with E-state index in [1.165, 1.54) is 14.2 Å². The number of phenolic OH excluding ortho intramolecular Hbond substituents is 1. The third kappa shape index (κ3) is 3.18. The van der Waals surface area contributed by atoms with Crippen molar-refractivity contribution in [2.24, 2.45) is 0 Å². The normalized spacial score (nSPS) is 15.8. The smallest absolute Gasteiger partial charge is 0.298 e. The fourth-order valence-electron chi connectivity index (χ4n) is 2.42. The van der Waals surface area contributed by atoms with Gasteiger partial charge in [-0.15, -0.1) is 0 Å². The number of carbonyl (C=O) groups excluding carboxylic acids is 2. The van der Waals surface area contributed by atoms with E-state index in [-0.39, 0.29) is 27.4 Å². The van der Waals surface area contributed by atoms with E-state index in [2.05, 4.69) is 0 Å². The summed E-state index contributed by atoms with van der Waals surface area (Å²) in [4.78, 5) is 26.2. The Labute approximate surface area is 148 Å². The molecule has 0 aromatic heterocycles. The molecule has 1 heterocycles. The lowest BCUT2D eigenvalue weighted by atomic mass is 10.1. The summed E-state index contributed by atoms with van der Waals surface area (Å²) in [7, 11) is 2.84. The predicted molar refractivity (Wildman–Crippen MR) is 96.1 cm³/mol. The average molecular weight is 357 g/mol. The summed E-state index contributed by atoms with van der Waals surface area (Å²) >= 11 is 0.857. The van der Waals surface area contributed by atoms with Crippen LogP contribution in [-0.2, 0) is 4.79 Å². The van der Waals surface area contributed by atoms with Crippen molar-refractivity contribution in [2.75, 3.05) is 19.1 Å². The lowest BCUT2D eigenvalue weighted by Crippen LogP contribution is -2.27. The standard InChI is InChI=1S/C18H15NO5S/c1-23-13-8-11(9-14(24-2)16(13)20)10-15-17(21)19(18(22)25-15)12-6-4-3-5-7-12/h3-10,20H,1-2H3/b15-10-. The second-order valence-electron chi connectivity index (χ2n) is 5.13. The minimum absolute atomic E-state index is 0.125. The molecule has 25 heavy (non-hydrogen) atoms. The number of nitrogens with zero attached hydrogens (tertiary/aromatic N) is 1. The van der Waals surface area contributed by atoms with Gasteiger partial charge in [0.2, 0.25) is 5.75 Å². The van der Waals surface area contributed by atoms with Gasteiger partial charge in [0.15, 0.2) is 11.5 Å². The third-order valence-electron chi connectivity index (χ3n) is 3.61. The molecule has 0 aliphatic carbocycles. The van der Waals surface area contributed by atoms with Crippen LogP contribution in [0.5, 0.6) is 17.2 Å². The predicted octanol–water partition coefficient (Wildman–Crippen LogP) is 3.65. The van der Waals surface area contributed by atoms with Gasteiger partial charge in [-0.1, -0.05) is 18.2 Å². The van der Waals surface area contributed by atoms with Crippen molar-refractivity contribution >= 4 is 34.7 Å². The number of methoxy groups -OCH3 is 2. The number of amides is 2. The van der Waals surface area contributed by atoms with Gasteiger partial charge in [0.05, 0.1) is 24.8 Å². The molecule has 1 N–H and O–H groups in total. The van der Waals surface area contributed by atoms with Crippen LogP contribution in [0, 0.1) is 0 Å². The van der Waals surface area contributed by atoms with E-state index in [9.17, 15) is 14.7 Å². The Bertz CT molecular complexity index is 838. The Hall–Kier alpha value is -2.93. The maximum atomic E-state index is 12.6. The number of imide groups is 1. The van der Waals surface area contributed by atoms with Gasteiger partial charge in [0.25, 0.3) is 11.1 Å². The number of benzene rings is 2. The molecule has 0 radical (unpaired) electrons. The van der Waals surface area contributed by atoms with Crippen LogP contribution in [0.1, 0.15) is 5.56 Å². The van der Waals surface area contributed by atoms with E-state index in [4.69, 9.17) is 9.47 Å². The van der Waals surface area contributed by atoms with Crippen molar-refractivity contribution in [3.8, 4) is 17.2 Å². The fraction of sp³-hybridized carbons (Fsp3) is 0.111. The SMILES string of the molecule is COc1cc(/C=C2\SC(=O)N(c3ccccc3)C2=O)cc(OC)c1O. The van der Waals surface area contributed by atoms with Gasteiger partial charge in [-0.05, 0) is 47.7 Å². The summed E-state index contributed by atoms with van der Waals surface area (Å²) in [6, 6.07) is 11.9. The molecule has 0 atom stereocenters. The first-order valence-corrected chi connectivity index (χ1v) is 8.14. The summed E-state index contributed by atoms with van der Waals surface area (Å²) in [6.45, 7) is 0. The third-order valence-corrected chi connectivity index (χ3v) is 4.48. The first-order valence-electron chi connectivity index (χ1n) is 7.33. The van der Waals surface area contributed by atoms with Crippen molar-refractivity contribution < 1.29 is 24.2 Å². The van der Waals surface area contributed by atoms with Crippen LogP contribution < -0.4 is 14.4 Å². The van der Waals surface area contributed by atoms with Crippen molar-refractivity contribution in [2.45, 2.75) is 0 Å². The fourth-order valence-corrected chi connectivity index (χ4v) is 3.26. The summed E-state index contributed by atoms with van der Waals surface area (Å²) in [5, 5.41) is 9.59. The largest absolute Gasteiger partial charge is 0.502 e. The van der Waals surface area contributed by atoms with Crippen molar-refractivity contribution in [1.82, 2.24) is 0 Å². The topological polar surface area (TPSA) is 76.1 Å². The molecule has 2 aromatic rings. The molecule has 0 bridgehead atoms. The summed E-state index contributed by atoms with van der Waals surface area (Å²) in [6.07, 6.45) is 1.57. The average Bonchev–Trinajstić information content (AvgIpc) is 2.90. The molecule has 2 aromatic carbocycles. The second kappa shape index (κ2) is 6.90. The number of phenols is 1. The van der Waals surface area contributed by atoms with Gasteiger partial charge in [-0.2, -0.15) is 0 Å². The molecule has 2 amide bonds. The van der Waals surface area contributed by atoms with Gasteiger partial charge < -0.3 is 14.6 Å². The van der Waals surface area contributed by atoms with Gasteiger partial charge in [0.1, 0.15) is 0 Å². The molecule has 1 aliphatic rings. The zero-order chi connectivity index (χ0) is 18.0. The highest BCUT2D eigenvalue weighted by atomic mass is 32.2. The van der Waals surface area contributed by atoms with Crippen molar-refractivity contribution in [3.05, 3.63) is 52.9 Å². The maximum Gasteiger partial charge on any atom is 0.298 e. The minimum Gasteiger partial charge on any atom is -0.502 e. The minimum atomic E-state index is -0.396. The molecule has 7 heteroatoms. The Morgan fingerprint density at radius 2 is 1.64 bits per heavy atom. The van der Waals surface area contributed by atoms with E-state index < -0.39 is 5.91 Å². The highest BCUT2D eigenvalue weighted by Gasteiger charge is 2.36. The summed E-state index contributed by atoms with van der Waals surface area (Å²) in [5.41, 5.74) is 1.10. The van der Waals surface area contributed by atoms with Gasteiger partial charge in [0, 0.05) is 0 Å². The molecule has 1 aliphatic heterocycles. The molecule has 128 valence electrons. The highest BCUT2D eigenvalue weighted by molar-refractivity contribution is 8.19. The van der Waals surface area contributed by atoms with Crippen molar-refractivity contribution in [1.29, 1.82) is 0 Å². The number of ether oxygens (including phenoxy) is 2. The van der Waals surface area contributed by atoms with Crippen LogP contribution >= 0.6 is 11.8 Å². The lowest BCUT2D eigenvalue weighted by molar-refractivity contribution is -0.113. The number of anilines is 1. The first kappa shape index (κ1) is 16.9. The summed E-state index contributed by atoms with van der Waals surface area (Å²) < 4.78 is 10.2. The molecular formula is C18H15NO5S. The van der Waals surface area contributed by atoms with Crippen LogP contribution in [0.2, 0.25) is 0 Å². The molecule has 0 spiro atoms. The number of aromatic hydroxyl groups is 1. The van der Waals surface area contributed by atoms with E-state index in [0.717, 1.165) is 16.7 Å². The van der Waals surface area contributed by atoms with E-state index >= 15 is 0 Å². The number of hydrogen-bond donors (Lipinski definition) is 1. The van der Waals surface area contributed by atoms with E-state index in [0.29, 0.717) is 11.3 Å². The molecule has 1 saturated heterocycles. The van der Waals surface area contributed by atoms with E-state index in [1.54, 1.807) is 42.5 Å². The van der Waals surface area contributed by atoms with Crippen molar-refractivity contribution in [3.63, 3.8) is 0 Å². The van der Waals surface area contributed by atoms with Crippen LogP contribution in [0.4, 0.5) is 10.5 Å². The second-order valence-corrected chi connectivity index (χ2v) is 6.12. The van der Waals surface area contributed by atoms with E-state index in [1.807, 2.05) is 6.07 Å². The molecule has 3 rings (SSSR count). The monoisotopic (exact) mass is 357 g/mol. The Kier molecular flexibility index (Phi) is 4.67. The number of hydrogen-bond acceptors (Lipinski definition) is 6. The quantitative estimate of drug-likeness (QED) is 0.842. The molecule has 0 saturated carbocycles. The van der Waals surface area contributed by atoms with Crippen LogP contribution in [0.15, 0.2) is 47.4 Å². The number of rotatable bonds is 4. The molecular weight excluding hydrogens is 342 g/mol. The zero-order valence-electron chi connectivity index (χ0n) is 13.6. The molecule has 6 nitrogen and oxygen atoms in total. The van der Waals surface area contributed by atoms with Gasteiger partial charge in [-0.25, -0.2) is 4.90 Å². The lowest BCUT2D eigenvalue weighted by Gasteiger charge is -2.12. The Morgan fingerprint density at radius 1 is 1.04 bits per heavy atom. The molecule has 0 unspecified atom stereocenters. The van der Waals surface area contributed by atoms with Crippen LogP contribution in [-0.4, -0.2) is 30.5 Å². The number of thioether (sulfide) groups is 1. The van der Waals surface area contributed by atoms with Crippen LogP contribution in [0.3, 0.4) is 0 Å².